The Balaban J connectivity index is 2.34. The van der Waals surface area contributed by atoms with Crippen LogP contribution in [0.25, 0.3) is 0 Å². The van der Waals surface area contributed by atoms with Crippen LogP contribution in [0.5, 0.6) is 11.5 Å². The van der Waals surface area contributed by atoms with Crippen molar-refractivity contribution in [3.8, 4) is 11.5 Å². The quantitative estimate of drug-likeness (QED) is 0.486. The Morgan fingerprint density at radius 2 is 1.71 bits per heavy atom. The van der Waals surface area contributed by atoms with E-state index in [0.29, 0.717) is 5.75 Å². The van der Waals surface area contributed by atoms with Crippen LogP contribution >= 0.6 is 12.6 Å². The van der Waals surface area contributed by atoms with Gasteiger partial charge in [0.1, 0.15) is 22.5 Å². The van der Waals surface area contributed by atoms with Crippen molar-refractivity contribution in [2.45, 2.75) is 24.8 Å². The molecule has 0 fully saturated rings. The number of para-hydroxylation sites is 1. The standard InChI is InChI=1S/C19H23NO3S/c1-14(24)22-18(21)19(2,20(3)4)15-9-8-12-17(13-15)23-16-10-6-5-7-11-16/h5-14,24H,1-4H3. The highest BCUT2D eigenvalue weighted by atomic mass is 32.1. The maximum absolute atomic E-state index is 12.6. The maximum Gasteiger partial charge on any atom is 0.332 e. The summed E-state index contributed by atoms with van der Waals surface area (Å²) in [5.41, 5.74) is -0.618. The molecule has 0 spiro atoms. The first-order valence-corrected chi connectivity index (χ1v) is 8.25. The molecular formula is C19H23NO3S. The van der Waals surface area contributed by atoms with Gasteiger partial charge in [0.2, 0.25) is 0 Å². The molecule has 0 saturated carbocycles. The van der Waals surface area contributed by atoms with Gasteiger partial charge in [-0.05, 0) is 57.8 Å². The molecule has 0 radical (unpaired) electrons. The first kappa shape index (κ1) is 18.4. The Morgan fingerprint density at radius 3 is 2.29 bits per heavy atom. The molecule has 128 valence electrons. The molecule has 0 aliphatic carbocycles. The van der Waals surface area contributed by atoms with Crippen molar-refractivity contribution in [1.82, 2.24) is 4.90 Å². The highest BCUT2D eigenvalue weighted by Gasteiger charge is 2.40. The van der Waals surface area contributed by atoms with Gasteiger partial charge in [0.25, 0.3) is 0 Å². The second-order valence-corrected chi connectivity index (χ2v) is 6.64. The third kappa shape index (κ3) is 4.10. The van der Waals surface area contributed by atoms with Gasteiger partial charge >= 0.3 is 5.97 Å². The van der Waals surface area contributed by atoms with Crippen LogP contribution < -0.4 is 4.74 Å². The summed E-state index contributed by atoms with van der Waals surface area (Å²) < 4.78 is 11.2. The van der Waals surface area contributed by atoms with E-state index in [-0.39, 0.29) is 5.97 Å². The van der Waals surface area contributed by atoms with Gasteiger partial charge in [-0.25, -0.2) is 4.79 Å². The first-order chi connectivity index (χ1) is 11.3. The molecule has 0 saturated heterocycles. The lowest BCUT2D eigenvalue weighted by Crippen LogP contribution is -2.47. The molecule has 0 aliphatic rings. The molecule has 5 heteroatoms. The van der Waals surface area contributed by atoms with Crippen LogP contribution in [0.1, 0.15) is 19.4 Å². The number of benzene rings is 2. The van der Waals surface area contributed by atoms with E-state index in [1.54, 1.807) is 6.92 Å². The van der Waals surface area contributed by atoms with E-state index < -0.39 is 11.0 Å². The molecule has 0 amide bonds. The van der Waals surface area contributed by atoms with Crippen molar-refractivity contribution in [2.75, 3.05) is 14.1 Å². The van der Waals surface area contributed by atoms with Crippen LogP contribution in [0.3, 0.4) is 0 Å². The van der Waals surface area contributed by atoms with Crippen molar-refractivity contribution in [2.24, 2.45) is 0 Å². The van der Waals surface area contributed by atoms with E-state index in [9.17, 15) is 4.79 Å². The summed E-state index contributed by atoms with van der Waals surface area (Å²) in [6, 6.07) is 17.0. The van der Waals surface area contributed by atoms with E-state index in [4.69, 9.17) is 9.47 Å². The molecule has 2 unspecified atom stereocenters. The molecule has 4 nitrogen and oxygen atoms in total. The van der Waals surface area contributed by atoms with Crippen molar-refractivity contribution in [1.29, 1.82) is 0 Å². The number of thiol groups is 1. The minimum absolute atomic E-state index is 0.355. The third-order valence-electron chi connectivity index (χ3n) is 3.94. The van der Waals surface area contributed by atoms with Gasteiger partial charge in [0.05, 0.1) is 0 Å². The third-order valence-corrected chi connectivity index (χ3v) is 4.05. The van der Waals surface area contributed by atoms with Gasteiger partial charge in [-0.3, -0.25) is 4.90 Å². The zero-order valence-electron chi connectivity index (χ0n) is 14.4. The summed E-state index contributed by atoms with van der Waals surface area (Å²) in [4.78, 5) is 14.5. The molecule has 2 aromatic carbocycles. The van der Waals surface area contributed by atoms with Crippen LogP contribution in [0, 0.1) is 0 Å². The number of carbonyl (C=O) groups excluding carboxylic acids is 1. The van der Waals surface area contributed by atoms with E-state index >= 15 is 0 Å². The number of hydrogen-bond donors (Lipinski definition) is 1. The summed E-state index contributed by atoms with van der Waals surface area (Å²) >= 11 is 4.15. The molecule has 0 aromatic heterocycles. The van der Waals surface area contributed by atoms with Gasteiger partial charge in [-0.1, -0.05) is 30.3 Å². The fourth-order valence-electron chi connectivity index (χ4n) is 2.32. The number of rotatable bonds is 6. The summed E-state index contributed by atoms with van der Waals surface area (Å²) in [6.07, 6.45) is 0. The van der Waals surface area contributed by atoms with E-state index in [0.717, 1.165) is 11.3 Å². The molecule has 0 aliphatic heterocycles. The zero-order chi connectivity index (χ0) is 17.7. The van der Waals surface area contributed by atoms with E-state index in [1.807, 2.05) is 80.5 Å². The van der Waals surface area contributed by atoms with Gasteiger partial charge in [0, 0.05) is 0 Å². The van der Waals surface area contributed by atoms with E-state index in [1.165, 1.54) is 0 Å². The Kier molecular flexibility index (Phi) is 5.91. The second-order valence-electron chi connectivity index (χ2n) is 5.91. The largest absolute Gasteiger partial charge is 0.457 e. The normalized spacial score (nSPS) is 14.8. The van der Waals surface area contributed by atoms with Crippen molar-refractivity contribution in [3.05, 3.63) is 60.2 Å². The molecule has 2 rings (SSSR count). The summed E-state index contributed by atoms with van der Waals surface area (Å²) in [7, 11) is 3.68. The van der Waals surface area contributed by atoms with Gasteiger partial charge < -0.3 is 9.47 Å². The number of ether oxygens (including phenoxy) is 2. The van der Waals surface area contributed by atoms with Crippen molar-refractivity contribution < 1.29 is 14.3 Å². The lowest BCUT2D eigenvalue weighted by molar-refractivity contribution is -0.157. The number of esters is 1. The molecule has 2 atom stereocenters. The van der Waals surface area contributed by atoms with Gasteiger partial charge in [-0.15, -0.1) is 12.6 Å². The highest BCUT2D eigenvalue weighted by molar-refractivity contribution is 7.80. The lowest BCUT2D eigenvalue weighted by atomic mass is 9.90. The Hall–Kier alpha value is -1.98. The van der Waals surface area contributed by atoms with Crippen molar-refractivity contribution >= 4 is 18.6 Å². The molecule has 2 aromatic rings. The maximum atomic E-state index is 12.6. The fourth-order valence-corrected chi connectivity index (χ4v) is 2.41. The smallest absolute Gasteiger partial charge is 0.332 e. The van der Waals surface area contributed by atoms with Crippen molar-refractivity contribution in [3.63, 3.8) is 0 Å². The molecule has 24 heavy (non-hydrogen) atoms. The number of carbonyl (C=O) groups is 1. The van der Waals surface area contributed by atoms with E-state index in [2.05, 4.69) is 12.6 Å². The molecule has 0 N–H and O–H groups in total. The predicted molar refractivity (Wildman–Crippen MR) is 98.5 cm³/mol. The monoisotopic (exact) mass is 345 g/mol. The summed E-state index contributed by atoms with van der Waals surface area (Å²) in [5, 5.41) is 0. The Morgan fingerprint density at radius 1 is 1.08 bits per heavy atom. The summed E-state index contributed by atoms with van der Waals surface area (Å²) in [6.45, 7) is 3.54. The van der Waals surface area contributed by atoms with Crippen LogP contribution in [0.4, 0.5) is 0 Å². The molecule has 0 heterocycles. The average Bonchev–Trinajstić information content (AvgIpc) is 2.54. The minimum atomic E-state index is -0.937. The number of hydrogen-bond acceptors (Lipinski definition) is 5. The van der Waals surface area contributed by atoms with Crippen LogP contribution in [0.15, 0.2) is 54.6 Å². The molecule has 0 bridgehead atoms. The number of nitrogens with zero attached hydrogens (tertiary/aromatic N) is 1. The predicted octanol–water partition coefficient (Wildman–Crippen LogP) is 4.07. The fraction of sp³-hybridized carbons (Fsp3) is 0.316. The second kappa shape index (κ2) is 7.73. The number of likely N-dealkylation sites (N-methyl/N-ethyl adjacent to an activating group) is 1. The van der Waals surface area contributed by atoms with Crippen LogP contribution in [0.2, 0.25) is 0 Å². The van der Waals surface area contributed by atoms with Gasteiger partial charge in [-0.2, -0.15) is 0 Å². The van der Waals surface area contributed by atoms with Gasteiger partial charge in [0.15, 0.2) is 0 Å². The van der Waals surface area contributed by atoms with Crippen LogP contribution in [-0.2, 0) is 15.1 Å². The zero-order valence-corrected chi connectivity index (χ0v) is 15.3. The highest BCUT2D eigenvalue weighted by Crippen LogP contribution is 2.32. The average molecular weight is 345 g/mol. The summed E-state index contributed by atoms with van der Waals surface area (Å²) in [5.74, 6) is 1.05. The first-order valence-electron chi connectivity index (χ1n) is 7.74. The SMILES string of the molecule is CC(S)OC(=O)C(C)(c1cccc(Oc2ccccc2)c1)N(C)C. The topological polar surface area (TPSA) is 38.8 Å². The lowest BCUT2D eigenvalue weighted by Gasteiger charge is -2.35. The Labute approximate surface area is 148 Å². The minimum Gasteiger partial charge on any atom is -0.457 e. The van der Waals surface area contributed by atoms with Crippen LogP contribution in [-0.4, -0.2) is 30.4 Å². The molecular weight excluding hydrogens is 322 g/mol. The Bertz CT molecular complexity index is 688.